The number of aliphatic hydroxyl groups is 1. The van der Waals surface area contributed by atoms with E-state index in [2.05, 4.69) is 0 Å². The Hall–Kier alpha value is -0.610. The van der Waals surface area contributed by atoms with Gasteiger partial charge in [0, 0.05) is 0 Å². The highest BCUT2D eigenvalue weighted by Crippen LogP contribution is 1.98. The Morgan fingerprint density at radius 1 is 1.82 bits per heavy atom. The molecule has 0 spiro atoms. The first-order valence-corrected chi connectivity index (χ1v) is 2.50. The van der Waals surface area contributed by atoms with Crippen LogP contribution in [0.15, 0.2) is 0 Å². The first kappa shape index (κ1) is 2.00. The normalized spacial score (nSPS) is 38.3. The van der Waals surface area contributed by atoms with Gasteiger partial charge in [0.15, 0.2) is 0 Å². The molecule has 0 aliphatic carbocycles. The highest BCUT2D eigenvalue weighted by molar-refractivity contribution is 5.67. The number of carboxylic acid groups (broad SMARTS) is 1. The molecule has 4 nitrogen and oxygen atoms in total. The fourth-order valence-electron chi connectivity index (χ4n) is 0.376. The highest BCUT2D eigenvalue weighted by Gasteiger charge is 2.17. The lowest BCUT2D eigenvalue weighted by Crippen LogP contribution is -2.42. The summed E-state index contributed by atoms with van der Waals surface area (Å²) in [5.74, 6) is -1.95. The number of likely N-dealkylation sites (N-methyl/N-ethyl adjacent to an activating group) is 1. The van der Waals surface area contributed by atoms with Crippen LogP contribution >= 0.6 is 0 Å². The summed E-state index contributed by atoms with van der Waals surface area (Å²) < 4.78 is 84.8. The van der Waals surface area contributed by atoms with Crippen LogP contribution in [0.25, 0.3) is 0 Å². The van der Waals surface area contributed by atoms with Gasteiger partial charge in [-0.05, 0) is 0 Å². The van der Waals surface area contributed by atoms with Crippen LogP contribution in [-0.4, -0.2) is 54.2 Å². The van der Waals surface area contributed by atoms with Crippen molar-refractivity contribution in [1.82, 2.24) is 0 Å². The van der Waals surface area contributed by atoms with Crippen molar-refractivity contribution in [2.24, 2.45) is 0 Å². The van der Waals surface area contributed by atoms with Crippen molar-refractivity contribution in [2.75, 3.05) is 27.4 Å². The zero-order valence-corrected chi connectivity index (χ0v) is 5.46. The van der Waals surface area contributed by atoms with Gasteiger partial charge in [-0.3, -0.25) is 4.79 Å². The van der Waals surface area contributed by atoms with Gasteiger partial charge in [-0.1, -0.05) is 0 Å². The molecule has 0 rings (SSSR count). The molecule has 0 aromatic carbocycles. The number of nitrogens with zero attached hydrogens (tertiary/aromatic N) is 1. The van der Waals surface area contributed by atoms with Gasteiger partial charge in [0.2, 0.25) is 0 Å². The van der Waals surface area contributed by atoms with Crippen molar-refractivity contribution in [1.29, 1.82) is 0 Å². The zero-order valence-electron chi connectivity index (χ0n) is 17.5. The quantitative estimate of drug-likeness (QED) is 0.566. The average molecular weight is 174 g/mol. The second kappa shape index (κ2) is 3.69. The molecule has 0 radical (unpaired) electrons. The number of aliphatic carboxylic acids is 1. The molecule has 4 heteroatoms. The fourth-order valence-corrected chi connectivity index (χ4v) is 0.376. The molecule has 1 atom stereocenters. The van der Waals surface area contributed by atoms with E-state index in [1.165, 1.54) is 0 Å². The summed E-state index contributed by atoms with van der Waals surface area (Å²) in [6.45, 7) is -16.4. The van der Waals surface area contributed by atoms with E-state index in [4.69, 9.17) is 21.6 Å². The van der Waals surface area contributed by atoms with Gasteiger partial charge in [-0.15, -0.1) is 0 Å². The standard InChI is InChI=1S/C7H15NO3/c1-8(2,3)5-6(9)4-7(10)11/h6,9H,4-5H2,1-3H3/p+1/t6-/m0/s1/i1D3,2D3,3D3,5D2,6D. The molecule has 0 aliphatic rings. The lowest BCUT2D eigenvalue weighted by Gasteiger charge is -2.25. The summed E-state index contributed by atoms with van der Waals surface area (Å²) >= 11 is 0. The van der Waals surface area contributed by atoms with Crippen molar-refractivity contribution in [3.63, 3.8) is 0 Å². The molecule has 0 unspecified atom stereocenters. The van der Waals surface area contributed by atoms with Crippen LogP contribution in [-0.2, 0) is 4.79 Å². The fraction of sp³-hybridized carbons (Fsp3) is 0.857. The third kappa shape index (κ3) is 7.29. The maximum atomic E-state index is 10.7. The van der Waals surface area contributed by atoms with Gasteiger partial charge < -0.3 is 14.7 Å². The van der Waals surface area contributed by atoms with E-state index in [1.807, 2.05) is 0 Å². The monoisotopic (exact) mass is 174 g/mol. The average Bonchev–Trinajstić information content (AvgIpc) is 2.05. The third-order valence-corrected chi connectivity index (χ3v) is 0.615. The molecule has 11 heavy (non-hydrogen) atoms. The van der Waals surface area contributed by atoms with Crippen LogP contribution in [0.3, 0.4) is 0 Å². The maximum absolute atomic E-state index is 10.7. The molecule has 0 aromatic heterocycles. The lowest BCUT2D eigenvalue weighted by atomic mass is 10.2. The number of carbonyl (C=O) groups is 1. The number of hydrogen-bond acceptors (Lipinski definition) is 2. The molecule has 0 heterocycles. The Labute approximate surface area is 83.5 Å². The predicted molar refractivity (Wildman–Crippen MR) is 41.2 cm³/mol. The Balaban J connectivity index is 6.89. The lowest BCUT2D eigenvalue weighted by molar-refractivity contribution is -0.873. The number of carboxylic acids is 1. The second-order valence-corrected chi connectivity index (χ2v) is 1.80. The maximum Gasteiger partial charge on any atom is 0.306 e. The minimum absolute atomic E-state index is 1.73. The first-order chi connectivity index (χ1) is 9.67. The minimum atomic E-state index is -4.22. The molecular formula is C7H16NO3+. The minimum Gasteiger partial charge on any atom is -0.481 e. The number of hydrogen-bond donors (Lipinski definition) is 2. The number of quaternary nitrogens is 1. The Kier molecular flexibility index (Phi) is 0.671. The Morgan fingerprint density at radius 3 is 2.73 bits per heavy atom. The van der Waals surface area contributed by atoms with E-state index in [-0.39, 0.29) is 0 Å². The van der Waals surface area contributed by atoms with E-state index in [9.17, 15) is 9.90 Å². The molecule has 0 saturated heterocycles. The van der Waals surface area contributed by atoms with E-state index in [0.29, 0.717) is 0 Å². The molecule has 0 saturated carbocycles. The van der Waals surface area contributed by atoms with E-state index < -0.39 is 50.4 Å². The van der Waals surface area contributed by atoms with Gasteiger partial charge in [0.1, 0.15) is 12.6 Å². The van der Waals surface area contributed by atoms with Gasteiger partial charge in [-0.25, -0.2) is 0 Å². The van der Waals surface area contributed by atoms with Crippen LogP contribution in [0.5, 0.6) is 0 Å². The molecule has 0 bridgehead atoms. The van der Waals surface area contributed by atoms with Crippen LogP contribution in [0.2, 0.25) is 0 Å². The highest BCUT2D eigenvalue weighted by atomic mass is 16.4. The Bertz CT molecular complexity index is 425. The molecule has 0 aromatic rings. The van der Waals surface area contributed by atoms with Crippen molar-refractivity contribution in [3.8, 4) is 0 Å². The SMILES string of the molecule is [2H]C([2H])([2H])[N+](C([2H])([2H])[2H])(C([2H])([2H])[2H])C([2H])([2H])[C@@]([2H])(O)CC(=O)O. The molecule has 66 valence electrons. The largest absolute Gasteiger partial charge is 0.481 e. The molecule has 0 fully saturated rings. The van der Waals surface area contributed by atoms with Crippen molar-refractivity contribution in [3.05, 3.63) is 0 Å². The summed E-state index contributed by atoms with van der Waals surface area (Å²) in [6, 6.07) is 0. The van der Waals surface area contributed by atoms with Crippen LogP contribution in [0.1, 0.15) is 22.9 Å². The summed E-state index contributed by atoms with van der Waals surface area (Å²) in [7, 11) is 0. The first-order valence-electron chi connectivity index (χ1n) is 8.50. The van der Waals surface area contributed by atoms with Crippen molar-refractivity contribution in [2.45, 2.75) is 12.5 Å². The van der Waals surface area contributed by atoms with Crippen LogP contribution in [0.4, 0.5) is 0 Å². The van der Waals surface area contributed by atoms with E-state index in [0.717, 1.165) is 0 Å². The van der Waals surface area contributed by atoms with Gasteiger partial charge in [0.25, 0.3) is 0 Å². The van der Waals surface area contributed by atoms with E-state index in [1.54, 1.807) is 0 Å². The van der Waals surface area contributed by atoms with Crippen molar-refractivity contribution < 1.29 is 35.9 Å². The summed E-state index contributed by atoms with van der Waals surface area (Å²) in [4.78, 5) is 10.7. The molecule has 0 aliphatic heterocycles. The van der Waals surface area contributed by atoms with Gasteiger partial charge in [-0.2, -0.15) is 0 Å². The van der Waals surface area contributed by atoms with E-state index >= 15 is 0 Å². The van der Waals surface area contributed by atoms with Crippen LogP contribution < -0.4 is 0 Å². The third-order valence-electron chi connectivity index (χ3n) is 0.615. The van der Waals surface area contributed by atoms with Gasteiger partial charge in [0.05, 0.1) is 43.8 Å². The summed E-state index contributed by atoms with van der Waals surface area (Å²) in [5, 5.41) is 18.4. The summed E-state index contributed by atoms with van der Waals surface area (Å²) in [6.07, 6.45) is -5.59. The smallest absolute Gasteiger partial charge is 0.306 e. The van der Waals surface area contributed by atoms with Crippen LogP contribution in [0, 0.1) is 0 Å². The van der Waals surface area contributed by atoms with Gasteiger partial charge >= 0.3 is 5.97 Å². The zero-order chi connectivity index (χ0) is 19.3. The summed E-state index contributed by atoms with van der Waals surface area (Å²) in [5.41, 5.74) is 0. The van der Waals surface area contributed by atoms with Crippen molar-refractivity contribution >= 4 is 5.97 Å². The number of rotatable bonds is 4. The Morgan fingerprint density at radius 2 is 2.36 bits per heavy atom. The molecule has 0 amide bonds. The topological polar surface area (TPSA) is 57.5 Å². The predicted octanol–water partition coefficient (Wildman–Crippen LogP) is -0.472. The molecule has 2 N–H and O–H groups in total. The molecular weight excluding hydrogens is 146 g/mol. The second-order valence-electron chi connectivity index (χ2n) is 1.80.